The van der Waals surface area contributed by atoms with Gasteiger partial charge in [0.15, 0.2) is 0 Å². The monoisotopic (exact) mass is 372 g/mol. The van der Waals surface area contributed by atoms with Crippen LogP contribution in [0.4, 0.5) is 0 Å². The quantitative estimate of drug-likeness (QED) is 0.400. The molecule has 0 aliphatic heterocycles. The highest BCUT2D eigenvalue weighted by Crippen LogP contribution is 2.36. The molecule has 0 radical (unpaired) electrons. The first-order chi connectivity index (χ1) is 13.6. The van der Waals surface area contributed by atoms with Gasteiger partial charge in [0.05, 0.1) is 0 Å². The summed E-state index contributed by atoms with van der Waals surface area (Å²) in [6, 6.07) is 20.9. The maximum Gasteiger partial charge on any atom is 0.134 e. The number of fused-ring (bicyclic) bond motifs is 1. The van der Waals surface area contributed by atoms with Crippen molar-refractivity contribution in [1.29, 1.82) is 0 Å². The van der Waals surface area contributed by atoms with E-state index in [2.05, 4.69) is 43.3 Å². The second-order valence-corrected chi connectivity index (χ2v) is 6.79. The number of furan rings is 1. The van der Waals surface area contributed by atoms with Crippen LogP contribution < -0.4 is 0 Å². The van der Waals surface area contributed by atoms with Crippen LogP contribution in [0.3, 0.4) is 0 Å². The van der Waals surface area contributed by atoms with Crippen molar-refractivity contribution in [3.63, 3.8) is 0 Å². The van der Waals surface area contributed by atoms with Crippen LogP contribution in [-0.4, -0.2) is 5.11 Å². The highest BCUT2D eigenvalue weighted by atomic mass is 16.3. The first-order valence-corrected chi connectivity index (χ1v) is 10.00. The van der Waals surface area contributed by atoms with Crippen molar-refractivity contribution >= 4 is 11.0 Å². The van der Waals surface area contributed by atoms with Crippen molar-refractivity contribution in [3.8, 4) is 28.0 Å². The molecule has 4 aromatic rings. The molecule has 0 atom stereocenters. The molecule has 3 aromatic carbocycles. The van der Waals surface area contributed by atoms with Gasteiger partial charge >= 0.3 is 0 Å². The van der Waals surface area contributed by atoms with Crippen LogP contribution in [0.25, 0.3) is 33.2 Å². The van der Waals surface area contributed by atoms with E-state index in [9.17, 15) is 5.11 Å². The summed E-state index contributed by atoms with van der Waals surface area (Å²) in [7, 11) is 0. The Hall–Kier alpha value is -3.00. The Bertz CT molecular complexity index is 1060. The number of phenolic OH excluding ortho intramolecular Hbond substituents is 1. The zero-order valence-corrected chi connectivity index (χ0v) is 17.3. The lowest BCUT2D eigenvalue weighted by molar-refractivity contribution is 0.467. The molecule has 2 nitrogen and oxygen atoms in total. The van der Waals surface area contributed by atoms with E-state index < -0.39 is 0 Å². The van der Waals surface area contributed by atoms with Gasteiger partial charge in [0.2, 0.25) is 0 Å². The summed E-state index contributed by atoms with van der Waals surface area (Å²) in [4.78, 5) is 0. The lowest BCUT2D eigenvalue weighted by Gasteiger charge is -2.09. The maximum atomic E-state index is 9.99. The molecule has 1 N–H and O–H groups in total. The van der Waals surface area contributed by atoms with E-state index in [0.717, 1.165) is 45.4 Å². The minimum Gasteiger partial charge on any atom is -0.507 e. The summed E-state index contributed by atoms with van der Waals surface area (Å²) < 4.78 is 6.03. The van der Waals surface area contributed by atoms with E-state index in [1.807, 2.05) is 52.0 Å². The van der Waals surface area contributed by atoms with Crippen molar-refractivity contribution in [1.82, 2.24) is 0 Å². The lowest BCUT2D eigenvalue weighted by atomic mass is 9.96. The summed E-state index contributed by atoms with van der Waals surface area (Å²) in [5.74, 6) is 1.40. The number of hydrogen-bond donors (Lipinski definition) is 1. The van der Waals surface area contributed by atoms with Crippen molar-refractivity contribution in [2.24, 2.45) is 0 Å². The first kappa shape index (κ1) is 19.8. The molecular weight excluding hydrogens is 344 g/mol. The van der Waals surface area contributed by atoms with E-state index in [0.29, 0.717) is 5.75 Å². The number of phenols is 1. The van der Waals surface area contributed by atoms with Crippen molar-refractivity contribution < 1.29 is 9.52 Å². The largest absolute Gasteiger partial charge is 0.507 e. The second kappa shape index (κ2) is 8.35. The van der Waals surface area contributed by atoms with Crippen LogP contribution in [0, 0.1) is 13.8 Å². The molecule has 4 rings (SSSR count). The fraction of sp³-hybridized carbons (Fsp3) is 0.231. The molecule has 0 amide bonds. The van der Waals surface area contributed by atoms with Gasteiger partial charge in [-0.1, -0.05) is 63.2 Å². The Balaban J connectivity index is 0.00000109. The van der Waals surface area contributed by atoms with Crippen LogP contribution in [0.2, 0.25) is 0 Å². The van der Waals surface area contributed by atoms with Crippen molar-refractivity contribution in [3.05, 3.63) is 77.6 Å². The average molecular weight is 373 g/mol. The van der Waals surface area contributed by atoms with Crippen molar-refractivity contribution in [2.45, 2.75) is 41.0 Å². The van der Waals surface area contributed by atoms with Gasteiger partial charge in [-0.25, -0.2) is 0 Å². The maximum absolute atomic E-state index is 9.99. The number of para-hydroxylation sites is 1. The van der Waals surface area contributed by atoms with E-state index in [1.165, 1.54) is 11.1 Å². The van der Waals surface area contributed by atoms with Crippen molar-refractivity contribution in [2.75, 3.05) is 0 Å². The molecule has 1 heterocycles. The molecule has 0 unspecified atom stereocenters. The van der Waals surface area contributed by atoms with Gasteiger partial charge in [-0.05, 0) is 59.9 Å². The van der Waals surface area contributed by atoms with E-state index in [4.69, 9.17) is 4.42 Å². The fourth-order valence-corrected chi connectivity index (χ4v) is 3.61. The molecule has 2 heteroatoms. The zero-order valence-electron chi connectivity index (χ0n) is 17.3. The lowest BCUT2D eigenvalue weighted by Crippen LogP contribution is -1.86. The standard InChI is InChI=1S/C24H22O2.C2H6/c1-4-21-23(20-7-5-6-8-22(20)26-21)18-11-9-17(10-12-18)19-13-15(2)24(25)16(3)14-19;1-2/h5-14,25H,4H2,1-3H3;1-2H3. The van der Waals surface area contributed by atoms with Crippen LogP contribution in [0.15, 0.2) is 65.1 Å². The highest BCUT2D eigenvalue weighted by Gasteiger charge is 2.14. The molecule has 0 saturated carbocycles. The van der Waals surface area contributed by atoms with Gasteiger partial charge < -0.3 is 9.52 Å². The zero-order chi connectivity index (χ0) is 20.3. The van der Waals surface area contributed by atoms with Gasteiger partial charge in [-0.15, -0.1) is 0 Å². The SMILES string of the molecule is CC.CCc1oc2ccccc2c1-c1ccc(-c2cc(C)c(O)c(C)c2)cc1. The number of aryl methyl sites for hydroxylation is 3. The number of benzene rings is 3. The van der Waals surface area contributed by atoms with Crippen LogP contribution >= 0.6 is 0 Å². The Morgan fingerprint density at radius 2 is 1.36 bits per heavy atom. The smallest absolute Gasteiger partial charge is 0.134 e. The summed E-state index contributed by atoms with van der Waals surface area (Å²) in [5, 5.41) is 11.2. The Labute approximate surface area is 167 Å². The number of rotatable bonds is 3. The number of aromatic hydroxyl groups is 1. The Morgan fingerprint density at radius 1 is 0.786 bits per heavy atom. The molecule has 1 aromatic heterocycles. The fourth-order valence-electron chi connectivity index (χ4n) is 3.61. The second-order valence-electron chi connectivity index (χ2n) is 6.79. The molecular formula is C26H28O2. The van der Waals surface area contributed by atoms with Crippen LogP contribution in [-0.2, 0) is 6.42 Å². The first-order valence-electron chi connectivity index (χ1n) is 10.00. The highest BCUT2D eigenvalue weighted by molar-refractivity contribution is 5.96. The predicted octanol–water partition coefficient (Wildman–Crippen LogP) is 7.68. The molecule has 0 saturated heterocycles. The Morgan fingerprint density at radius 3 is 1.96 bits per heavy atom. The normalized spacial score (nSPS) is 10.6. The third-order valence-corrected chi connectivity index (χ3v) is 4.99. The summed E-state index contributed by atoms with van der Waals surface area (Å²) in [6.45, 7) is 9.99. The van der Waals surface area contributed by atoms with Gasteiger partial charge in [0.25, 0.3) is 0 Å². The summed E-state index contributed by atoms with van der Waals surface area (Å²) in [6.07, 6.45) is 0.863. The van der Waals surface area contributed by atoms with E-state index in [1.54, 1.807) is 0 Å². The molecule has 28 heavy (non-hydrogen) atoms. The van der Waals surface area contributed by atoms with E-state index >= 15 is 0 Å². The third kappa shape index (κ3) is 3.55. The predicted molar refractivity (Wildman–Crippen MR) is 119 cm³/mol. The molecule has 0 bridgehead atoms. The van der Waals surface area contributed by atoms with Crippen LogP contribution in [0.5, 0.6) is 5.75 Å². The number of hydrogen-bond acceptors (Lipinski definition) is 2. The molecule has 0 fully saturated rings. The van der Waals surface area contributed by atoms with Gasteiger partial charge in [0, 0.05) is 17.4 Å². The van der Waals surface area contributed by atoms with Crippen LogP contribution in [0.1, 0.15) is 37.7 Å². The van der Waals surface area contributed by atoms with Gasteiger partial charge in [-0.2, -0.15) is 0 Å². The average Bonchev–Trinajstić information content (AvgIpc) is 3.12. The molecule has 0 aliphatic carbocycles. The molecule has 0 spiro atoms. The third-order valence-electron chi connectivity index (χ3n) is 4.99. The summed E-state index contributed by atoms with van der Waals surface area (Å²) in [5.41, 5.74) is 7.36. The van der Waals surface area contributed by atoms with E-state index in [-0.39, 0.29) is 0 Å². The van der Waals surface area contributed by atoms with Gasteiger partial charge in [-0.3, -0.25) is 0 Å². The Kier molecular flexibility index (Phi) is 5.89. The van der Waals surface area contributed by atoms with Gasteiger partial charge in [0.1, 0.15) is 17.1 Å². The minimum absolute atomic E-state index is 0.378. The topological polar surface area (TPSA) is 33.4 Å². The molecule has 144 valence electrons. The summed E-state index contributed by atoms with van der Waals surface area (Å²) >= 11 is 0. The molecule has 0 aliphatic rings. The minimum atomic E-state index is 0.378.